The van der Waals surface area contributed by atoms with Gasteiger partial charge in [0.05, 0.1) is 15.6 Å². The molecular formula is C34H35Cl2N3O4S. The number of benzene rings is 4. The first kappa shape index (κ1) is 33.1. The molecule has 1 N–H and O–H groups in total. The summed E-state index contributed by atoms with van der Waals surface area (Å²) in [5.41, 5.74) is 2.50. The van der Waals surface area contributed by atoms with Crippen molar-refractivity contribution in [2.45, 2.75) is 44.2 Å². The van der Waals surface area contributed by atoms with Gasteiger partial charge in [0.1, 0.15) is 12.6 Å². The number of anilines is 1. The zero-order chi connectivity index (χ0) is 31.7. The summed E-state index contributed by atoms with van der Waals surface area (Å²) in [5.74, 6) is -0.935. The van der Waals surface area contributed by atoms with E-state index in [1.165, 1.54) is 17.0 Å². The number of halogens is 2. The number of hydrogen-bond donors (Lipinski definition) is 1. The second-order valence-electron chi connectivity index (χ2n) is 10.4. The Labute approximate surface area is 269 Å². The summed E-state index contributed by atoms with van der Waals surface area (Å²) in [7, 11) is -4.25. The molecule has 0 saturated heterocycles. The maximum absolute atomic E-state index is 14.4. The molecule has 0 unspecified atom stereocenters. The average Bonchev–Trinajstić information content (AvgIpc) is 3.02. The van der Waals surface area contributed by atoms with E-state index in [9.17, 15) is 18.0 Å². The van der Waals surface area contributed by atoms with Crippen molar-refractivity contribution in [3.8, 4) is 0 Å². The predicted octanol–water partition coefficient (Wildman–Crippen LogP) is 6.66. The molecule has 0 aromatic heterocycles. The first-order chi connectivity index (χ1) is 21.1. The van der Waals surface area contributed by atoms with Crippen molar-refractivity contribution in [1.29, 1.82) is 0 Å². The van der Waals surface area contributed by atoms with Crippen LogP contribution in [0.3, 0.4) is 0 Å². The molecule has 4 aromatic carbocycles. The van der Waals surface area contributed by atoms with Crippen LogP contribution in [0.1, 0.15) is 30.0 Å². The SMILES string of the molecule is CCCNC(=O)[C@@H](Cc1ccccc1)N(Cc1ccccc1Cl)C(=O)CN(c1ccccc1Cl)S(=O)(=O)c1ccc(C)cc1. The fourth-order valence-corrected chi connectivity index (χ4v) is 6.65. The van der Waals surface area contributed by atoms with E-state index in [1.54, 1.807) is 60.7 Å². The van der Waals surface area contributed by atoms with Gasteiger partial charge in [-0.25, -0.2) is 8.42 Å². The summed E-state index contributed by atoms with van der Waals surface area (Å²) in [6, 6.07) is 28.3. The molecule has 0 fully saturated rings. The van der Waals surface area contributed by atoms with E-state index < -0.39 is 28.5 Å². The number of sulfonamides is 1. The van der Waals surface area contributed by atoms with Gasteiger partial charge in [0.15, 0.2) is 0 Å². The molecule has 0 spiro atoms. The normalized spacial score (nSPS) is 11.9. The van der Waals surface area contributed by atoms with E-state index >= 15 is 0 Å². The fraction of sp³-hybridized carbons (Fsp3) is 0.235. The lowest BCUT2D eigenvalue weighted by Gasteiger charge is -2.34. The lowest BCUT2D eigenvalue weighted by atomic mass is 10.0. The smallest absolute Gasteiger partial charge is 0.264 e. The number of nitrogens with zero attached hydrogens (tertiary/aromatic N) is 2. The molecule has 0 aliphatic heterocycles. The van der Waals surface area contributed by atoms with Gasteiger partial charge in [-0.05, 0) is 54.8 Å². The Morgan fingerprint density at radius 1 is 0.818 bits per heavy atom. The number of nitrogens with one attached hydrogen (secondary N) is 1. The molecule has 230 valence electrons. The van der Waals surface area contributed by atoms with Gasteiger partial charge in [0, 0.05) is 24.5 Å². The van der Waals surface area contributed by atoms with Gasteiger partial charge in [-0.2, -0.15) is 0 Å². The summed E-state index contributed by atoms with van der Waals surface area (Å²) in [5, 5.41) is 3.51. The third kappa shape index (κ3) is 8.20. The summed E-state index contributed by atoms with van der Waals surface area (Å²) in [6.45, 7) is 3.60. The van der Waals surface area contributed by atoms with Crippen LogP contribution in [0.2, 0.25) is 10.0 Å². The highest BCUT2D eigenvalue weighted by molar-refractivity contribution is 7.92. The zero-order valence-electron chi connectivity index (χ0n) is 24.6. The minimum atomic E-state index is -4.25. The average molecular weight is 653 g/mol. The minimum Gasteiger partial charge on any atom is -0.354 e. The van der Waals surface area contributed by atoms with Crippen molar-refractivity contribution < 1.29 is 18.0 Å². The Morgan fingerprint density at radius 3 is 2.07 bits per heavy atom. The molecular weight excluding hydrogens is 617 g/mol. The molecule has 4 aromatic rings. The number of aryl methyl sites for hydroxylation is 1. The van der Waals surface area contributed by atoms with Crippen molar-refractivity contribution >= 4 is 50.7 Å². The van der Waals surface area contributed by atoms with E-state index in [1.807, 2.05) is 44.2 Å². The predicted molar refractivity (Wildman–Crippen MR) is 176 cm³/mol. The van der Waals surface area contributed by atoms with Crippen LogP contribution < -0.4 is 9.62 Å². The maximum atomic E-state index is 14.4. The molecule has 2 amide bonds. The van der Waals surface area contributed by atoms with Gasteiger partial charge in [0.25, 0.3) is 10.0 Å². The Bertz CT molecular complexity index is 1680. The van der Waals surface area contributed by atoms with Crippen LogP contribution >= 0.6 is 23.2 Å². The lowest BCUT2D eigenvalue weighted by Crippen LogP contribution is -2.53. The molecule has 1 atom stereocenters. The molecule has 0 heterocycles. The second kappa shape index (κ2) is 15.2. The highest BCUT2D eigenvalue weighted by atomic mass is 35.5. The third-order valence-electron chi connectivity index (χ3n) is 7.13. The number of carbonyl (C=O) groups excluding carboxylic acids is 2. The monoisotopic (exact) mass is 651 g/mol. The van der Waals surface area contributed by atoms with Crippen LogP contribution in [0.4, 0.5) is 5.69 Å². The van der Waals surface area contributed by atoms with E-state index in [0.29, 0.717) is 23.6 Å². The maximum Gasteiger partial charge on any atom is 0.264 e. The standard InChI is InChI=1S/C34H35Cl2N3O4S/c1-3-21-37-34(41)32(22-26-11-5-4-6-12-26)38(23-27-13-7-8-14-29(27)35)33(40)24-39(31-16-10-9-15-30(31)36)44(42,43)28-19-17-25(2)18-20-28/h4-20,32H,3,21-24H2,1-2H3,(H,37,41)/t32-/m1/s1. The Balaban J connectivity index is 1.81. The molecule has 10 heteroatoms. The molecule has 0 aliphatic rings. The van der Waals surface area contributed by atoms with Gasteiger partial charge in [-0.3, -0.25) is 13.9 Å². The van der Waals surface area contributed by atoms with Crippen molar-refractivity contribution in [3.05, 3.63) is 130 Å². The van der Waals surface area contributed by atoms with Crippen LogP contribution in [0.15, 0.2) is 108 Å². The fourth-order valence-electron chi connectivity index (χ4n) is 4.73. The van der Waals surface area contributed by atoms with E-state index in [2.05, 4.69) is 5.32 Å². The first-order valence-corrected chi connectivity index (χ1v) is 16.5. The zero-order valence-corrected chi connectivity index (χ0v) is 26.9. The van der Waals surface area contributed by atoms with Crippen molar-refractivity contribution in [2.75, 3.05) is 17.4 Å². The van der Waals surface area contributed by atoms with Gasteiger partial charge in [-0.15, -0.1) is 0 Å². The second-order valence-corrected chi connectivity index (χ2v) is 13.1. The molecule has 0 bridgehead atoms. The molecule has 0 radical (unpaired) electrons. The van der Waals surface area contributed by atoms with Gasteiger partial charge < -0.3 is 10.2 Å². The van der Waals surface area contributed by atoms with E-state index in [4.69, 9.17) is 23.2 Å². The summed E-state index contributed by atoms with van der Waals surface area (Å²) in [6.07, 6.45) is 0.917. The van der Waals surface area contributed by atoms with Gasteiger partial charge >= 0.3 is 0 Å². The van der Waals surface area contributed by atoms with Gasteiger partial charge in [0.2, 0.25) is 11.8 Å². The number of para-hydroxylation sites is 1. The first-order valence-electron chi connectivity index (χ1n) is 14.3. The molecule has 4 rings (SSSR count). The molecule has 44 heavy (non-hydrogen) atoms. The summed E-state index contributed by atoms with van der Waals surface area (Å²) in [4.78, 5) is 29.6. The van der Waals surface area contributed by atoms with Crippen molar-refractivity contribution in [1.82, 2.24) is 10.2 Å². The Morgan fingerprint density at radius 2 is 1.43 bits per heavy atom. The molecule has 0 saturated carbocycles. The van der Waals surface area contributed by atoms with Gasteiger partial charge in [-0.1, -0.05) is 108 Å². The third-order valence-corrected chi connectivity index (χ3v) is 9.59. The van der Waals surface area contributed by atoms with E-state index in [0.717, 1.165) is 15.4 Å². The quantitative estimate of drug-likeness (QED) is 0.175. The van der Waals surface area contributed by atoms with Crippen LogP contribution in [0, 0.1) is 6.92 Å². The molecule has 0 aliphatic carbocycles. The summed E-state index contributed by atoms with van der Waals surface area (Å²) < 4.78 is 29.2. The number of amides is 2. The van der Waals surface area contributed by atoms with Crippen LogP contribution in [-0.2, 0) is 32.6 Å². The largest absolute Gasteiger partial charge is 0.354 e. The topological polar surface area (TPSA) is 86.8 Å². The molecule has 7 nitrogen and oxygen atoms in total. The Kier molecular flexibility index (Phi) is 11.4. The van der Waals surface area contributed by atoms with Crippen LogP contribution in [-0.4, -0.2) is 44.3 Å². The lowest BCUT2D eigenvalue weighted by molar-refractivity contribution is -0.140. The number of rotatable bonds is 13. The Hall–Kier alpha value is -3.85. The van der Waals surface area contributed by atoms with Crippen molar-refractivity contribution in [2.24, 2.45) is 0 Å². The highest BCUT2D eigenvalue weighted by Crippen LogP contribution is 2.31. The minimum absolute atomic E-state index is 0.00926. The summed E-state index contributed by atoms with van der Waals surface area (Å²) >= 11 is 13.0. The van der Waals surface area contributed by atoms with Crippen LogP contribution in [0.25, 0.3) is 0 Å². The van der Waals surface area contributed by atoms with E-state index in [-0.39, 0.29) is 34.5 Å². The number of hydrogen-bond acceptors (Lipinski definition) is 4. The van der Waals surface area contributed by atoms with Crippen molar-refractivity contribution in [3.63, 3.8) is 0 Å². The number of carbonyl (C=O) groups is 2. The van der Waals surface area contributed by atoms with Crippen LogP contribution in [0.5, 0.6) is 0 Å². The highest BCUT2D eigenvalue weighted by Gasteiger charge is 2.35.